The van der Waals surface area contributed by atoms with E-state index in [2.05, 4.69) is 0 Å². The molecule has 4 heterocycles. The third-order valence-electron chi connectivity index (χ3n) is 10.2. The highest BCUT2D eigenvalue weighted by Gasteiger charge is 2.27. The summed E-state index contributed by atoms with van der Waals surface area (Å²) in [6.07, 6.45) is 3.58. The Labute approximate surface area is 310 Å². The van der Waals surface area contributed by atoms with E-state index in [0.29, 0.717) is 81.0 Å². The zero-order valence-electron chi connectivity index (χ0n) is 30.5. The van der Waals surface area contributed by atoms with Crippen molar-refractivity contribution < 1.29 is 33.4 Å². The molecule has 6 aromatic rings. The minimum Gasteiger partial charge on any atom is -0.494 e. The molecule has 13 heteroatoms. The minimum absolute atomic E-state index is 0.164. The van der Waals surface area contributed by atoms with Gasteiger partial charge in [0.15, 0.2) is 5.75 Å². The third-order valence-corrected chi connectivity index (χ3v) is 10.2. The van der Waals surface area contributed by atoms with Gasteiger partial charge in [-0.3, -0.25) is 9.59 Å². The molecule has 2 aromatic heterocycles. The monoisotopic (exact) mass is 728 g/mol. The van der Waals surface area contributed by atoms with Crippen molar-refractivity contribution in [3.05, 3.63) is 99.6 Å². The maximum atomic E-state index is 13.4. The second-order valence-corrected chi connectivity index (χ2v) is 13.2. The summed E-state index contributed by atoms with van der Waals surface area (Å²) in [5.41, 5.74) is 18.9. The van der Waals surface area contributed by atoms with Gasteiger partial charge in [-0.15, -0.1) is 0 Å². The first kappa shape index (κ1) is 35.9. The second-order valence-electron chi connectivity index (χ2n) is 13.2. The van der Waals surface area contributed by atoms with Crippen molar-refractivity contribution in [2.24, 2.45) is 11.5 Å². The number of hydrogen-bond acceptors (Lipinski definition) is 9. The van der Waals surface area contributed by atoms with Gasteiger partial charge in [0.2, 0.25) is 5.91 Å². The van der Waals surface area contributed by atoms with Crippen molar-refractivity contribution in [1.82, 2.24) is 19.1 Å². The van der Waals surface area contributed by atoms with E-state index in [1.807, 2.05) is 52.5 Å². The van der Waals surface area contributed by atoms with Gasteiger partial charge in [0.1, 0.15) is 17.2 Å². The Balaban J connectivity index is 1.55. The summed E-state index contributed by atoms with van der Waals surface area (Å²) < 4.78 is 20.2. The van der Waals surface area contributed by atoms with Gasteiger partial charge >= 0.3 is 11.9 Å². The second kappa shape index (κ2) is 14.5. The Kier molecular flexibility index (Phi) is 9.63. The fourth-order valence-corrected chi connectivity index (χ4v) is 7.57. The van der Waals surface area contributed by atoms with Gasteiger partial charge < -0.3 is 34.8 Å². The van der Waals surface area contributed by atoms with Gasteiger partial charge in [-0.1, -0.05) is 25.1 Å². The van der Waals surface area contributed by atoms with Crippen LogP contribution in [0.4, 0.5) is 0 Å². The Hall–Kier alpha value is -6.50. The smallest absolute Gasteiger partial charge is 0.338 e. The first-order valence-electron chi connectivity index (χ1n) is 17.7. The lowest BCUT2D eigenvalue weighted by atomic mass is 9.97. The molecule has 4 aromatic carbocycles. The first-order chi connectivity index (χ1) is 26.1. The molecular formula is C41H40N6O7. The summed E-state index contributed by atoms with van der Waals surface area (Å²) in [4.78, 5) is 61.9. The number of carbonyl (C=O) groups is 4. The van der Waals surface area contributed by atoms with Crippen molar-refractivity contribution in [3.8, 4) is 28.5 Å². The molecule has 0 radical (unpaired) electrons. The van der Waals surface area contributed by atoms with Crippen molar-refractivity contribution >= 4 is 45.8 Å². The van der Waals surface area contributed by atoms with Gasteiger partial charge in [0.05, 0.1) is 54.6 Å². The zero-order valence-corrected chi connectivity index (χ0v) is 30.5. The SMILES string of the molecule is CCc1c(C(N)=O)ccc2c1nc1n2CCn2c(nc3c(OC)c(C(N)=O)ccc32)-c2cc(ccc2C(=O)OC)CCCCc2ccc-1c(C(=O)OC)c2. The van der Waals surface area contributed by atoms with Crippen LogP contribution in [0.3, 0.4) is 0 Å². The van der Waals surface area contributed by atoms with Crippen LogP contribution in [0, 0.1) is 0 Å². The Morgan fingerprint density at radius 1 is 0.648 bits per heavy atom. The molecule has 0 spiro atoms. The molecule has 276 valence electrons. The standard InChI is InChI=1S/C41H40N6O7/c1-5-24-25(36(42)48)14-16-31-33(24)44-38-26-12-10-23(21-30(26)41(51)54-4)9-7-6-8-22-11-13-27(40(50)53-3)29(20-22)39-45-34-32(47(39)19-18-46(31)38)17-15-28(37(43)49)35(34)52-2/h10-17,20-21H,5-9,18-19H2,1-4H3,(H2,42,48)(H2,43,49). The van der Waals surface area contributed by atoms with E-state index in [9.17, 15) is 19.2 Å². The molecule has 4 bridgehead atoms. The van der Waals surface area contributed by atoms with Crippen molar-refractivity contribution in [1.29, 1.82) is 0 Å². The van der Waals surface area contributed by atoms with Crippen LogP contribution >= 0.6 is 0 Å². The van der Waals surface area contributed by atoms with Crippen molar-refractivity contribution in [3.63, 3.8) is 0 Å². The van der Waals surface area contributed by atoms with Crippen LogP contribution in [0.2, 0.25) is 0 Å². The molecule has 2 amide bonds. The van der Waals surface area contributed by atoms with Crippen LogP contribution in [-0.2, 0) is 41.8 Å². The molecule has 0 fully saturated rings. The van der Waals surface area contributed by atoms with Gasteiger partial charge in [0.25, 0.3) is 5.91 Å². The average molecular weight is 729 g/mol. The highest BCUT2D eigenvalue weighted by atomic mass is 16.5. The molecule has 0 aliphatic carbocycles. The summed E-state index contributed by atoms with van der Waals surface area (Å²) in [5, 5.41) is 0. The van der Waals surface area contributed by atoms with Gasteiger partial charge in [-0.25, -0.2) is 19.6 Å². The Morgan fingerprint density at radius 2 is 1.19 bits per heavy atom. The fraction of sp³-hybridized carbons (Fsp3) is 0.268. The van der Waals surface area contributed by atoms with Crippen LogP contribution in [0.1, 0.15) is 77.9 Å². The predicted octanol–water partition coefficient (Wildman–Crippen LogP) is 5.64. The highest BCUT2D eigenvalue weighted by molar-refractivity contribution is 6.04. The Bertz CT molecular complexity index is 2510. The number of nitrogens with zero attached hydrogens (tertiary/aromatic N) is 4. The van der Waals surface area contributed by atoms with E-state index in [-0.39, 0.29) is 17.9 Å². The number of primary amides is 2. The topological polar surface area (TPSA) is 184 Å². The number of aromatic nitrogens is 4. The number of rotatable bonds is 6. The van der Waals surface area contributed by atoms with E-state index in [4.69, 9.17) is 35.6 Å². The van der Waals surface area contributed by atoms with Crippen LogP contribution in [-0.4, -0.2) is 64.2 Å². The summed E-state index contributed by atoms with van der Waals surface area (Å²) in [6, 6.07) is 18.3. The van der Waals surface area contributed by atoms with Gasteiger partial charge in [-0.2, -0.15) is 0 Å². The van der Waals surface area contributed by atoms with Crippen LogP contribution in [0.15, 0.2) is 60.7 Å². The summed E-state index contributed by atoms with van der Waals surface area (Å²) in [6.45, 7) is 2.50. The number of benzene rings is 4. The van der Waals surface area contributed by atoms with E-state index in [1.54, 1.807) is 24.3 Å². The first-order valence-corrected chi connectivity index (χ1v) is 17.7. The number of nitrogens with two attached hydrogens (primary N) is 2. The van der Waals surface area contributed by atoms with Gasteiger partial charge in [-0.05, 0) is 91.3 Å². The lowest BCUT2D eigenvalue weighted by Crippen LogP contribution is -2.14. The highest BCUT2D eigenvalue weighted by Crippen LogP contribution is 2.37. The maximum Gasteiger partial charge on any atom is 0.338 e. The number of aryl methyl sites for hydroxylation is 5. The average Bonchev–Trinajstić information content (AvgIpc) is 3.74. The third kappa shape index (κ3) is 6.10. The fourth-order valence-electron chi connectivity index (χ4n) is 7.57. The number of carbonyl (C=O) groups excluding carboxylic acids is 4. The molecule has 4 N–H and O–H groups in total. The Morgan fingerprint density at radius 3 is 1.80 bits per heavy atom. The number of ether oxygens (including phenoxy) is 3. The molecule has 0 unspecified atom stereocenters. The molecule has 13 nitrogen and oxygen atoms in total. The lowest BCUT2D eigenvalue weighted by molar-refractivity contribution is 0.0592. The number of esters is 2. The molecular weight excluding hydrogens is 688 g/mol. The number of amides is 2. The number of methoxy groups -OCH3 is 3. The van der Waals surface area contributed by atoms with Crippen molar-refractivity contribution in [2.75, 3.05) is 21.3 Å². The summed E-state index contributed by atoms with van der Waals surface area (Å²) in [5.74, 6) is -1.10. The largest absolute Gasteiger partial charge is 0.494 e. The molecule has 54 heavy (non-hydrogen) atoms. The van der Waals surface area contributed by atoms with Gasteiger partial charge in [0, 0.05) is 29.8 Å². The summed E-state index contributed by atoms with van der Waals surface area (Å²) in [7, 11) is 4.14. The number of hydrogen-bond donors (Lipinski definition) is 2. The molecule has 2 aliphatic heterocycles. The zero-order chi connectivity index (χ0) is 38.3. The predicted molar refractivity (Wildman–Crippen MR) is 203 cm³/mol. The quantitative estimate of drug-likeness (QED) is 0.205. The van der Waals surface area contributed by atoms with E-state index < -0.39 is 23.8 Å². The minimum atomic E-state index is -0.674. The van der Waals surface area contributed by atoms with Crippen molar-refractivity contribution in [2.45, 2.75) is 52.1 Å². The summed E-state index contributed by atoms with van der Waals surface area (Å²) >= 11 is 0. The van der Waals surface area contributed by atoms with E-state index in [0.717, 1.165) is 35.9 Å². The van der Waals surface area contributed by atoms with E-state index >= 15 is 0 Å². The van der Waals surface area contributed by atoms with E-state index in [1.165, 1.54) is 21.3 Å². The lowest BCUT2D eigenvalue weighted by Gasteiger charge is -2.16. The molecule has 0 atom stereocenters. The maximum absolute atomic E-state index is 13.4. The van der Waals surface area contributed by atoms with Crippen LogP contribution in [0.25, 0.3) is 44.8 Å². The molecule has 8 rings (SSSR count). The number of fused-ring (bicyclic) bond motifs is 8. The van der Waals surface area contributed by atoms with Crippen LogP contribution in [0.5, 0.6) is 5.75 Å². The molecule has 0 saturated carbocycles. The molecule has 2 aliphatic rings. The van der Waals surface area contributed by atoms with Crippen LogP contribution < -0.4 is 16.2 Å². The molecule has 0 saturated heterocycles. The number of imidazole rings is 2. The normalized spacial score (nSPS) is 12.9.